The lowest BCUT2D eigenvalue weighted by atomic mass is 10.1. The van der Waals surface area contributed by atoms with E-state index in [2.05, 4.69) is 5.32 Å². The first-order valence-electron chi connectivity index (χ1n) is 7.95. The third-order valence-corrected chi connectivity index (χ3v) is 3.70. The number of nitrogens with one attached hydrogen (secondary N) is 1. The van der Waals surface area contributed by atoms with Crippen LogP contribution in [0, 0.1) is 0 Å². The van der Waals surface area contributed by atoms with Crippen LogP contribution in [0.3, 0.4) is 0 Å². The smallest absolute Gasteiger partial charge is 0.331 e. The summed E-state index contributed by atoms with van der Waals surface area (Å²) < 4.78 is 10.5. The molecule has 0 spiro atoms. The van der Waals surface area contributed by atoms with Crippen LogP contribution >= 0.6 is 11.6 Å². The Hall–Kier alpha value is -2.79. The van der Waals surface area contributed by atoms with Crippen LogP contribution in [0.15, 0.2) is 60.2 Å². The van der Waals surface area contributed by atoms with E-state index in [9.17, 15) is 9.59 Å². The number of hydrogen-bond acceptors (Lipinski definition) is 4. The Morgan fingerprint density at radius 3 is 2.38 bits per heavy atom. The maximum Gasteiger partial charge on any atom is 0.331 e. The summed E-state index contributed by atoms with van der Waals surface area (Å²) in [5, 5.41) is 3.08. The van der Waals surface area contributed by atoms with Crippen molar-refractivity contribution < 1.29 is 19.1 Å². The number of allylic oxidation sites excluding steroid dienone is 1. The van der Waals surface area contributed by atoms with Crippen LogP contribution in [0.4, 0.5) is 5.69 Å². The first-order valence-corrected chi connectivity index (χ1v) is 8.33. The predicted octanol–water partition coefficient (Wildman–Crippen LogP) is 4.54. The Kier molecular flexibility index (Phi) is 6.81. The minimum Gasteiger partial charge on any atom is -0.495 e. The molecule has 0 saturated carbocycles. The van der Waals surface area contributed by atoms with Gasteiger partial charge < -0.3 is 14.8 Å². The Balaban J connectivity index is 2.24. The fourth-order valence-corrected chi connectivity index (χ4v) is 2.50. The van der Waals surface area contributed by atoms with Crippen molar-refractivity contribution >= 4 is 29.2 Å². The van der Waals surface area contributed by atoms with E-state index < -0.39 is 18.0 Å². The molecule has 1 atom stereocenters. The highest BCUT2D eigenvalue weighted by molar-refractivity contribution is 6.32. The zero-order chi connectivity index (χ0) is 19.1. The number of hydrogen-bond donors (Lipinski definition) is 1. The minimum absolute atomic E-state index is 0.364. The third-order valence-electron chi connectivity index (χ3n) is 3.40. The summed E-state index contributed by atoms with van der Waals surface area (Å²) in [6.07, 6.45) is 0.258. The Morgan fingerprint density at radius 1 is 1.12 bits per heavy atom. The van der Waals surface area contributed by atoms with Gasteiger partial charge in [-0.05, 0) is 32.0 Å². The topological polar surface area (TPSA) is 64.6 Å². The van der Waals surface area contributed by atoms with Gasteiger partial charge in [-0.1, -0.05) is 47.5 Å². The molecule has 2 rings (SSSR count). The highest BCUT2D eigenvalue weighted by Crippen LogP contribution is 2.28. The molecule has 0 bridgehead atoms. The highest BCUT2D eigenvalue weighted by Gasteiger charge is 2.24. The van der Waals surface area contributed by atoms with Crippen molar-refractivity contribution in [1.29, 1.82) is 0 Å². The number of carbonyl (C=O) groups excluding carboxylic acids is 2. The molecular formula is C20H20ClNO4. The number of esters is 1. The maximum absolute atomic E-state index is 12.7. The number of anilines is 1. The van der Waals surface area contributed by atoms with Gasteiger partial charge in [0.1, 0.15) is 5.75 Å². The summed E-state index contributed by atoms with van der Waals surface area (Å²) in [5.41, 5.74) is 1.82. The number of methoxy groups -OCH3 is 1. The number of benzene rings is 2. The molecule has 0 heterocycles. The lowest BCUT2D eigenvalue weighted by Crippen LogP contribution is -2.25. The van der Waals surface area contributed by atoms with Crippen LogP contribution in [0.1, 0.15) is 25.5 Å². The average Bonchev–Trinajstić information content (AvgIpc) is 2.60. The molecule has 0 fully saturated rings. The zero-order valence-corrected chi connectivity index (χ0v) is 15.5. The van der Waals surface area contributed by atoms with Crippen LogP contribution in [-0.4, -0.2) is 19.0 Å². The molecule has 26 heavy (non-hydrogen) atoms. The largest absolute Gasteiger partial charge is 0.495 e. The minimum atomic E-state index is -1.08. The lowest BCUT2D eigenvalue weighted by molar-refractivity contribution is -0.149. The molecule has 2 aromatic carbocycles. The molecule has 6 heteroatoms. The predicted molar refractivity (Wildman–Crippen MR) is 101 cm³/mol. The van der Waals surface area contributed by atoms with Gasteiger partial charge in [-0.25, -0.2) is 4.79 Å². The number of ether oxygens (including phenoxy) is 2. The highest BCUT2D eigenvalue weighted by atomic mass is 35.5. The maximum atomic E-state index is 12.7. The molecule has 0 aromatic heterocycles. The van der Waals surface area contributed by atoms with Crippen LogP contribution < -0.4 is 10.1 Å². The van der Waals surface area contributed by atoms with Crippen LogP contribution in [0.2, 0.25) is 5.02 Å². The van der Waals surface area contributed by atoms with Crippen LogP contribution in [0.25, 0.3) is 0 Å². The van der Waals surface area contributed by atoms with Gasteiger partial charge in [-0.15, -0.1) is 0 Å². The summed E-state index contributed by atoms with van der Waals surface area (Å²) in [6, 6.07) is 13.7. The SMILES string of the molecule is COc1ccc(NC(=O)[C@H](OC(=O)C=C(C)C)c2ccccc2)cc1Cl. The normalized spacial score (nSPS) is 11.2. The molecule has 1 amide bonds. The second kappa shape index (κ2) is 9.06. The number of rotatable bonds is 6. The van der Waals surface area contributed by atoms with Gasteiger partial charge in [-0.3, -0.25) is 4.79 Å². The molecule has 5 nitrogen and oxygen atoms in total. The molecule has 0 aliphatic rings. The molecule has 136 valence electrons. The van der Waals surface area contributed by atoms with Gasteiger partial charge in [0.05, 0.1) is 12.1 Å². The van der Waals surface area contributed by atoms with Crippen molar-refractivity contribution in [2.45, 2.75) is 20.0 Å². The van der Waals surface area contributed by atoms with E-state index >= 15 is 0 Å². The van der Waals surface area contributed by atoms with E-state index in [-0.39, 0.29) is 0 Å². The molecule has 1 N–H and O–H groups in total. The average molecular weight is 374 g/mol. The van der Waals surface area contributed by atoms with Crippen molar-refractivity contribution in [1.82, 2.24) is 0 Å². The fraction of sp³-hybridized carbons (Fsp3) is 0.200. The van der Waals surface area contributed by atoms with Gasteiger partial charge >= 0.3 is 5.97 Å². The third kappa shape index (κ3) is 5.36. The van der Waals surface area contributed by atoms with E-state index in [4.69, 9.17) is 21.1 Å². The molecule has 2 aromatic rings. The zero-order valence-electron chi connectivity index (χ0n) is 14.8. The van der Waals surface area contributed by atoms with E-state index in [0.717, 1.165) is 5.57 Å². The molecule has 0 aliphatic carbocycles. The summed E-state index contributed by atoms with van der Waals surface area (Å²) in [4.78, 5) is 24.7. The first kappa shape index (κ1) is 19.5. The molecule has 0 saturated heterocycles. The Labute approximate surface area is 157 Å². The first-order chi connectivity index (χ1) is 12.4. The van der Waals surface area contributed by atoms with Gasteiger partial charge in [-0.2, -0.15) is 0 Å². The molecule has 0 radical (unpaired) electrons. The van der Waals surface area contributed by atoms with Crippen molar-refractivity contribution in [3.05, 3.63) is 70.8 Å². The fourth-order valence-electron chi connectivity index (χ4n) is 2.24. The number of carbonyl (C=O) groups is 2. The van der Waals surface area contributed by atoms with Crippen molar-refractivity contribution in [3.8, 4) is 5.75 Å². The summed E-state index contributed by atoms with van der Waals surface area (Å²) in [7, 11) is 1.51. The standard InChI is InChI=1S/C20H20ClNO4/c1-13(2)11-18(23)26-19(14-7-5-4-6-8-14)20(24)22-15-9-10-17(25-3)16(21)12-15/h4-12,19H,1-3H3,(H,22,24)/t19-/m1/s1. The Bertz CT molecular complexity index is 814. The monoisotopic (exact) mass is 373 g/mol. The number of amides is 1. The van der Waals surface area contributed by atoms with Gasteiger partial charge in [0.25, 0.3) is 5.91 Å². The second-order valence-corrected chi connectivity index (χ2v) is 6.20. The van der Waals surface area contributed by atoms with Crippen molar-refractivity contribution in [2.24, 2.45) is 0 Å². The van der Waals surface area contributed by atoms with Crippen LogP contribution in [-0.2, 0) is 14.3 Å². The second-order valence-electron chi connectivity index (χ2n) is 5.79. The summed E-state index contributed by atoms with van der Waals surface area (Å²) in [5.74, 6) is -0.561. The Morgan fingerprint density at radius 2 is 1.81 bits per heavy atom. The summed E-state index contributed by atoms with van der Waals surface area (Å²) in [6.45, 7) is 3.55. The summed E-state index contributed by atoms with van der Waals surface area (Å²) >= 11 is 6.08. The molecule has 0 aliphatic heterocycles. The van der Waals surface area contributed by atoms with Crippen molar-refractivity contribution in [2.75, 3.05) is 12.4 Å². The van der Waals surface area contributed by atoms with Gasteiger partial charge in [0.15, 0.2) is 0 Å². The lowest BCUT2D eigenvalue weighted by Gasteiger charge is -2.18. The van der Waals surface area contributed by atoms with Crippen molar-refractivity contribution in [3.63, 3.8) is 0 Å². The van der Waals surface area contributed by atoms with E-state index in [0.29, 0.717) is 22.0 Å². The van der Waals surface area contributed by atoms with Crippen LogP contribution in [0.5, 0.6) is 5.75 Å². The van der Waals surface area contributed by atoms with E-state index in [1.807, 2.05) is 6.07 Å². The quantitative estimate of drug-likeness (QED) is 0.596. The molecular weight excluding hydrogens is 354 g/mol. The van der Waals surface area contributed by atoms with E-state index in [1.54, 1.807) is 56.3 Å². The van der Waals surface area contributed by atoms with Gasteiger partial charge in [0.2, 0.25) is 6.10 Å². The van der Waals surface area contributed by atoms with Gasteiger partial charge in [0, 0.05) is 17.3 Å². The number of halogens is 1. The van der Waals surface area contributed by atoms with E-state index in [1.165, 1.54) is 13.2 Å². The molecule has 0 unspecified atom stereocenters.